The Hall–Kier alpha value is -2.07. The largest absolute Gasteiger partial charge is 0.490 e. The number of likely N-dealkylation sites (tertiary alicyclic amines) is 1. The maximum atomic E-state index is 10.6. The van der Waals surface area contributed by atoms with E-state index < -0.39 is 12.1 Å². The van der Waals surface area contributed by atoms with Gasteiger partial charge in [-0.2, -0.15) is 13.2 Å². The predicted octanol–water partition coefficient (Wildman–Crippen LogP) is 4.69. The van der Waals surface area contributed by atoms with Crippen LogP contribution in [0.5, 0.6) is 0 Å². The van der Waals surface area contributed by atoms with Crippen molar-refractivity contribution in [1.82, 2.24) is 14.9 Å². The molecule has 1 N–H and O–H groups in total. The van der Waals surface area contributed by atoms with Crippen LogP contribution in [0.3, 0.4) is 0 Å². The average molecular weight is 471 g/mol. The summed E-state index contributed by atoms with van der Waals surface area (Å²) in [5.74, 6) is -0.783. The van der Waals surface area contributed by atoms with Gasteiger partial charge in [-0.3, -0.25) is 0 Å². The number of aromatic nitrogens is 2. The van der Waals surface area contributed by atoms with E-state index in [1.54, 1.807) is 18.1 Å². The van der Waals surface area contributed by atoms with Gasteiger partial charge in [0.25, 0.3) is 0 Å². The Bertz CT molecular complexity index is 898. The average Bonchev–Trinajstić information content (AvgIpc) is 2.79. The number of alkyl halides is 3. The molecule has 0 saturated carbocycles. The molecule has 4 rings (SSSR count). The van der Waals surface area contributed by atoms with Gasteiger partial charge in [0.15, 0.2) is 0 Å². The third-order valence-electron chi connectivity index (χ3n) is 5.94. The van der Waals surface area contributed by atoms with Gasteiger partial charge < -0.3 is 14.9 Å². The molecule has 10 heteroatoms. The Morgan fingerprint density at radius 3 is 2.38 bits per heavy atom. The smallest absolute Gasteiger partial charge is 0.475 e. The van der Waals surface area contributed by atoms with Gasteiger partial charge in [-0.05, 0) is 69.1 Å². The Labute approximate surface area is 190 Å². The van der Waals surface area contributed by atoms with E-state index in [1.165, 1.54) is 62.0 Å². The fraction of sp³-hybridized carbons (Fsp3) is 0.591. The molecule has 0 amide bonds. The summed E-state index contributed by atoms with van der Waals surface area (Å²) >= 11 is 1.78. The van der Waals surface area contributed by atoms with E-state index in [0.29, 0.717) is 0 Å². The highest BCUT2D eigenvalue weighted by Crippen LogP contribution is 2.30. The molecule has 0 radical (unpaired) electrons. The fourth-order valence-corrected chi connectivity index (χ4v) is 4.68. The minimum absolute atomic E-state index is 0.851. The lowest BCUT2D eigenvalue weighted by Crippen LogP contribution is -2.40. The summed E-state index contributed by atoms with van der Waals surface area (Å²) in [7, 11) is 0. The van der Waals surface area contributed by atoms with Crippen LogP contribution in [0.1, 0.15) is 32.1 Å². The van der Waals surface area contributed by atoms with E-state index in [2.05, 4.69) is 44.2 Å². The van der Waals surface area contributed by atoms with Crippen molar-refractivity contribution in [2.24, 2.45) is 5.92 Å². The molecule has 2 aromatic rings. The number of piperidine rings is 2. The molecule has 2 fully saturated rings. The third-order valence-corrected chi connectivity index (χ3v) is 6.67. The van der Waals surface area contributed by atoms with Crippen molar-refractivity contribution in [1.29, 1.82) is 0 Å². The van der Waals surface area contributed by atoms with Crippen molar-refractivity contribution in [3.8, 4) is 0 Å². The summed E-state index contributed by atoms with van der Waals surface area (Å²) in [6, 6.07) is 6.51. The van der Waals surface area contributed by atoms with Crippen LogP contribution >= 0.6 is 11.8 Å². The summed E-state index contributed by atoms with van der Waals surface area (Å²) < 4.78 is 31.7. The number of rotatable bonds is 4. The van der Waals surface area contributed by atoms with Crippen molar-refractivity contribution in [3.05, 3.63) is 24.5 Å². The molecule has 1 aromatic heterocycles. The Kier molecular flexibility index (Phi) is 8.58. The standard InChI is InChI=1S/C20H28N4S.C2HF3O2/c1-25-17-5-6-19-18(13-17)20(22-15-21-19)24-11-7-16(8-12-24)14-23-9-3-2-4-10-23;3-2(4,5)1(6)7/h5-6,13,15-16H,2-4,7-12,14H2,1H3;(H,6,7). The zero-order valence-electron chi connectivity index (χ0n) is 18.1. The van der Waals surface area contributed by atoms with Crippen molar-refractivity contribution in [2.75, 3.05) is 43.9 Å². The number of anilines is 1. The van der Waals surface area contributed by atoms with Crippen molar-refractivity contribution in [2.45, 2.75) is 43.2 Å². The minimum Gasteiger partial charge on any atom is -0.475 e. The first kappa shape index (κ1) is 24.6. The van der Waals surface area contributed by atoms with E-state index >= 15 is 0 Å². The van der Waals surface area contributed by atoms with Gasteiger partial charge >= 0.3 is 12.1 Å². The van der Waals surface area contributed by atoms with Crippen LogP contribution in [0, 0.1) is 5.92 Å². The quantitative estimate of drug-likeness (QED) is 0.651. The molecular formula is C22H29F3N4O2S. The fourth-order valence-electron chi connectivity index (χ4n) is 4.24. The summed E-state index contributed by atoms with van der Waals surface area (Å²) in [5, 5.41) is 8.32. The van der Waals surface area contributed by atoms with Crippen molar-refractivity contribution >= 4 is 34.5 Å². The van der Waals surface area contributed by atoms with Gasteiger partial charge in [0, 0.05) is 29.9 Å². The van der Waals surface area contributed by atoms with E-state index in [1.807, 2.05) is 0 Å². The van der Waals surface area contributed by atoms with Crippen LogP contribution in [-0.2, 0) is 4.79 Å². The number of carbonyl (C=O) groups is 1. The molecule has 2 aliphatic rings. The summed E-state index contributed by atoms with van der Waals surface area (Å²) in [6.07, 6.45) is 5.53. The Morgan fingerprint density at radius 2 is 1.78 bits per heavy atom. The molecule has 2 aliphatic heterocycles. The molecule has 0 unspecified atom stereocenters. The second-order valence-corrected chi connectivity index (χ2v) is 9.05. The SMILES string of the molecule is CSc1ccc2ncnc(N3CCC(CN4CCCCC4)CC3)c2c1.O=C(O)C(F)(F)F. The van der Waals surface area contributed by atoms with Crippen molar-refractivity contribution in [3.63, 3.8) is 0 Å². The van der Waals surface area contributed by atoms with Crippen LogP contribution in [0.25, 0.3) is 10.9 Å². The van der Waals surface area contributed by atoms with Crippen LogP contribution in [-0.4, -0.2) is 71.1 Å². The van der Waals surface area contributed by atoms with Gasteiger partial charge in [-0.25, -0.2) is 14.8 Å². The summed E-state index contributed by atoms with van der Waals surface area (Å²) in [5.41, 5.74) is 1.05. The molecule has 6 nitrogen and oxygen atoms in total. The molecule has 0 aliphatic carbocycles. The predicted molar refractivity (Wildman–Crippen MR) is 120 cm³/mol. The zero-order chi connectivity index (χ0) is 23.1. The number of hydrogen-bond acceptors (Lipinski definition) is 6. The lowest BCUT2D eigenvalue weighted by Gasteiger charge is -2.36. The van der Waals surface area contributed by atoms with Crippen molar-refractivity contribution < 1.29 is 23.1 Å². The van der Waals surface area contributed by atoms with E-state index in [9.17, 15) is 13.2 Å². The number of aliphatic carboxylic acids is 1. The maximum absolute atomic E-state index is 10.6. The number of carboxylic acid groups (broad SMARTS) is 1. The second-order valence-electron chi connectivity index (χ2n) is 8.17. The number of halogens is 3. The molecule has 2 saturated heterocycles. The topological polar surface area (TPSA) is 69.6 Å². The Morgan fingerprint density at radius 1 is 1.12 bits per heavy atom. The van der Waals surface area contributed by atoms with E-state index in [-0.39, 0.29) is 0 Å². The molecule has 176 valence electrons. The highest BCUT2D eigenvalue weighted by molar-refractivity contribution is 7.98. The van der Waals surface area contributed by atoms with E-state index in [0.717, 1.165) is 30.3 Å². The van der Waals surface area contributed by atoms with E-state index in [4.69, 9.17) is 9.90 Å². The number of hydrogen-bond donors (Lipinski definition) is 1. The van der Waals surface area contributed by atoms with Crippen LogP contribution < -0.4 is 4.90 Å². The summed E-state index contributed by atoms with van der Waals surface area (Å²) in [4.78, 5) is 24.4. The maximum Gasteiger partial charge on any atom is 0.490 e. The van der Waals surface area contributed by atoms with Gasteiger partial charge in [0.05, 0.1) is 5.52 Å². The number of carboxylic acids is 1. The van der Waals surface area contributed by atoms with Gasteiger partial charge in [0.1, 0.15) is 12.1 Å². The first-order valence-electron chi connectivity index (χ1n) is 10.8. The first-order chi connectivity index (χ1) is 15.3. The normalized spacial score (nSPS) is 18.3. The number of fused-ring (bicyclic) bond motifs is 1. The lowest BCUT2D eigenvalue weighted by molar-refractivity contribution is -0.192. The van der Waals surface area contributed by atoms with Crippen LogP contribution in [0.2, 0.25) is 0 Å². The number of benzene rings is 1. The van der Waals surface area contributed by atoms with Gasteiger partial charge in [-0.1, -0.05) is 6.42 Å². The molecule has 1 aromatic carbocycles. The minimum atomic E-state index is -5.08. The first-order valence-corrected chi connectivity index (χ1v) is 12.1. The van der Waals surface area contributed by atoms with Crippen LogP contribution in [0.15, 0.2) is 29.4 Å². The van der Waals surface area contributed by atoms with Gasteiger partial charge in [-0.15, -0.1) is 11.8 Å². The summed E-state index contributed by atoms with van der Waals surface area (Å²) in [6.45, 7) is 6.17. The third kappa shape index (κ3) is 6.71. The Balaban J connectivity index is 0.000000360. The number of thioether (sulfide) groups is 1. The highest BCUT2D eigenvalue weighted by Gasteiger charge is 2.38. The lowest BCUT2D eigenvalue weighted by atomic mass is 9.95. The molecule has 0 atom stereocenters. The van der Waals surface area contributed by atoms with Crippen LogP contribution in [0.4, 0.5) is 19.0 Å². The van der Waals surface area contributed by atoms with Gasteiger partial charge in [0.2, 0.25) is 0 Å². The zero-order valence-corrected chi connectivity index (χ0v) is 19.0. The second kappa shape index (κ2) is 11.2. The molecular weight excluding hydrogens is 441 g/mol. The monoisotopic (exact) mass is 470 g/mol. The molecule has 3 heterocycles. The number of nitrogens with zero attached hydrogens (tertiary/aromatic N) is 4. The highest BCUT2D eigenvalue weighted by atomic mass is 32.2. The molecule has 0 bridgehead atoms. The molecule has 0 spiro atoms. The molecule has 32 heavy (non-hydrogen) atoms.